The van der Waals surface area contributed by atoms with Gasteiger partial charge in [-0.25, -0.2) is 4.39 Å². The molecule has 3 aromatic rings. The van der Waals surface area contributed by atoms with Crippen molar-refractivity contribution < 1.29 is 14.0 Å². The van der Waals surface area contributed by atoms with Crippen molar-refractivity contribution in [2.75, 3.05) is 0 Å². The fourth-order valence-electron chi connectivity index (χ4n) is 1.76. The van der Waals surface area contributed by atoms with Gasteiger partial charge in [-0.2, -0.15) is 4.98 Å². The molecule has 20 heavy (non-hydrogen) atoms. The Morgan fingerprint density at radius 1 is 1.15 bits per heavy atom. The number of phenolic OH excluding ortho intramolecular Hbond substituents is 1. The van der Waals surface area contributed by atoms with Crippen molar-refractivity contribution in [1.82, 2.24) is 10.1 Å². The molecule has 1 heterocycles. The third kappa shape index (κ3) is 2.35. The predicted molar refractivity (Wildman–Crippen MR) is 71.8 cm³/mol. The largest absolute Gasteiger partial charge is 0.508 e. The first-order valence-corrected chi connectivity index (χ1v) is 6.10. The molecule has 0 aliphatic heterocycles. The fourth-order valence-corrected chi connectivity index (χ4v) is 1.95. The maximum absolute atomic E-state index is 13.7. The number of phenols is 1. The van der Waals surface area contributed by atoms with E-state index in [9.17, 15) is 9.50 Å². The summed E-state index contributed by atoms with van der Waals surface area (Å²) in [7, 11) is 0. The molecule has 0 fully saturated rings. The molecule has 1 N–H and O–H groups in total. The first kappa shape index (κ1) is 12.6. The van der Waals surface area contributed by atoms with Crippen LogP contribution in [0.1, 0.15) is 0 Å². The number of benzene rings is 2. The number of aromatic hydroxyl groups is 1. The van der Waals surface area contributed by atoms with Gasteiger partial charge in [0.1, 0.15) is 11.6 Å². The summed E-state index contributed by atoms with van der Waals surface area (Å²) in [4.78, 5) is 4.12. The molecule has 0 unspecified atom stereocenters. The summed E-state index contributed by atoms with van der Waals surface area (Å²) < 4.78 is 18.7. The highest BCUT2D eigenvalue weighted by Gasteiger charge is 2.14. The first-order chi connectivity index (χ1) is 9.63. The van der Waals surface area contributed by atoms with Crippen molar-refractivity contribution in [3.8, 4) is 28.6 Å². The maximum Gasteiger partial charge on any atom is 0.261 e. The number of aromatic nitrogens is 2. The molecule has 0 aliphatic carbocycles. The van der Waals surface area contributed by atoms with Gasteiger partial charge in [0.2, 0.25) is 5.82 Å². The summed E-state index contributed by atoms with van der Waals surface area (Å²) in [6, 6.07) is 10.7. The molecule has 1 aromatic heterocycles. The summed E-state index contributed by atoms with van der Waals surface area (Å²) in [6.07, 6.45) is 0. The number of rotatable bonds is 2. The molecule has 0 atom stereocenters. The Morgan fingerprint density at radius 2 is 2.00 bits per heavy atom. The van der Waals surface area contributed by atoms with E-state index < -0.39 is 5.82 Å². The van der Waals surface area contributed by atoms with Crippen molar-refractivity contribution in [2.45, 2.75) is 0 Å². The zero-order chi connectivity index (χ0) is 14.1. The van der Waals surface area contributed by atoms with Crippen LogP contribution in [0.3, 0.4) is 0 Å². The lowest BCUT2D eigenvalue weighted by Gasteiger charge is -1.97. The van der Waals surface area contributed by atoms with Crippen LogP contribution in [0, 0.1) is 5.82 Å². The second-order valence-corrected chi connectivity index (χ2v) is 4.53. The minimum Gasteiger partial charge on any atom is -0.508 e. The van der Waals surface area contributed by atoms with Crippen LogP contribution in [0.2, 0.25) is 5.02 Å². The molecular formula is C14H8ClFN2O2. The van der Waals surface area contributed by atoms with Crippen molar-refractivity contribution in [1.29, 1.82) is 0 Å². The van der Waals surface area contributed by atoms with Crippen LogP contribution < -0.4 is 0 Å². The summed E-state index contributed by atoms with van der Waals surface area (Å²) in [5, 5.41) is 13.5. The van der Waals surface area contributed by atoms with E-state index in [1.807, 2.05) is 0 Å². The summed E-state index contributed by atoms with van der Waals surface area (Å²) in [5.74, 6) is -0.445. The molecule has 0 saturated carbocycles. The molecule has 0 bridgehead atoms. The SMILES string of the molecule is Oc1ccc(-c2nc(-c3cccc(Cl)c3)no2)c(F)c1. The van der Waals surface area contributed by atoms with Gasteiger partial charge < -0.3 is 9.63 Å². The molecule has 0 spiro atoms. The van der Waals surface area contributed by atoms with E-state index in [4.69, 9.17) is 16.1 Å². The molecule has 4 nitrogen and oxygen atoms in total. The minimum atomic E-state index is -0.633. The van der Waals surface area contributed by atoms with Gasteiger partial charge in [0.25, 0.3) is 5.89 Å². The Labute approximate surface area is 118 Å². The number of hydrogen-bond acceptors (Lipinski definition) is 4. The Bertz CT molecular complexity index is 773. The third-order valence-corrected chi connectivity index (χ3v) is 2.93. The van der Waals surface area contributed by atoms with Crippen LogP contribution in [0.4, 0.5) is 4.39 Å². The number of hydrogen-bond donors (Lipinski definition) is 1. The van der Waals surface area contributed by atoms with Gasteiger partial charge in [-0.3, -0.25) is 0 Å². The topological polar surface area (TPSA) is 59.2 Å². The van der Waals surface area contributed by atoms with E-state index in [0.29, 0.717) is 16.4 Å². The smallest absolute Gasteiger partial charge is 0.261 e. The zero-order valence-electron chi connectivity index (χ0n) is 10.0. The van der Waals surface area contributed by atoms with Gasteiger partial charge in [-0.1, -0.05) is 28.9 Å². The van der Waals surface area contributed by atoms with Gasteiger partial charge in [-0.15, -0.1) is 0 Å². The Kier molecular flexibility index (Phi) is 3.12. The lowest BCUT2D eigenvalue weighted by atomic mass is 10.2. The number of halogens is 2. The first-order valence-electron chi connectivity index (χ1n) is 5.72. The molecule has 0 saturated heterocycles. The Morgan fingerprint density at radius 3 is 2.75 bits per heavy atom. The molecule has 0 amide bonds. The highest BCUT2D eigenvalue weighted by molar-refractivity contribution is 6.30. The molecule has 2 aromatic carbocycles. The van der Waals surface area contributed by atoms with Gasteiger partial charge in [0.05, 0.1) is 5.56 Å². The normalized spacial score (nSPS) is 10.7. The van der Waals surface area contributed by atoms with E-state index in [0.717, 1.165) is 6.07 Å². The monoisotopic (exact) mass is 290 g/mol. The van der Waals surface area contributed by atoms with Crippen molar-refractivity contribution >= 4 is 11.6 Å². The van der Waals surface area contributed by atoms with Crippen LogP contribution in [-0.2, 0) is 0 Å². The van der Waals surface area contributed by atoms with Gasteiger partial charge >= 0.3 is 0 Å². The summed E-state index contributed by atoms with van der Waals surface area (Å²) in [6.45, 7) is 0. The van der Waals surface area contributed by atoms with Crippen molar-refractivity contribution in [3.05, 3.63) is 53.3 Å². The predicted octanol–water partition coefficient (Wildman–Crippen LogP) is 3.90. The molecule has 0 radical (unpaired) electrons. The van der Waals surface area contributed by atoms with Gasteiger partial charge in [0, 0.05) is 16.7 Å². The second kappa shape index (κ2) is 4.94. The standard InChI is InChI=1S/C14H8ClFN2O2/c15-9-3-1-2-8(6-9)13-17-14(20-18-13)11-5-4-10(19)7-12(11)16/h1-7,19H. The molecule has 0 aliphatic rings. The Hall–Kier alpha value is -2.40. The van der Waals surface area contributed by atoms with E-state index in [1.165, 1.54) is 12.1 Å². The van der Waals surface area contributed by atoms with E-state index in [1.54, 1.807) is 24.3 Å². The highest BCUT2D eigenvalue weighted by atomic mass is 35.5. The van der Waals surface area contributed by atoms with Crippen molar-refractivity contribution in [3.63, 3.8) is 0 Å². The van der Waals surface area contributed by atoms with Gasteiger partial charge in [-0.05, 0) is 24.3 Å². The van der Waals surface area contributed by atoms with Crippen LogP contribution in [0.5, 0.6) is 5.75 Å². The quantitative estimate of drug-likeness (QED) is 0.777. The van der Waals surface area contributed by atoms with Crippen LogP contribution in [0.25, 0.3) is 22.8 Å². The van der Waals surface area contributed by atoms with Crippen molar-refractivity contribution in [2.24, 2.45) is 0 Å². The minimum absolute atomic E-state index is 0.0393. The number of nitrogens with zero attached hydrogens (tertiary/aromatic N) is 2. The second-order valence-electron chi connectivity index (χ2n) is 4.10. The zero-order valence-corrected chi connectivity index (χ0v) is 10.8. The maximum atomic E-state index is 13.7. The molecular weight excluding hydrogens is 283 g/mol. The van der Waals surface area contributed by atoms with E-state index in [-0.39, 0.29) is 17.2 Å². The fraction of sp³-hybridized carbons (Fsp3) is 0. The third-order valence-electron chi connectivity index (χ3n) is 2.69. The van der Waals surface area contributed by atoms with Crippen LogP contribution in [-0.4, -0.2) is 15.2 Å². The lowest BCUT2D eigenvalue weighted by molar-refractivity contribution is 0.429. The summed E-state index contributed by atoms with van der Waals surface area (Å²) >= 11 is 5.89. The average molecular weight is 291 g/mol. The highest BCUT2D eigenvalue weighted by Crippen LogP contribution is 2.27. The summed E-state index contributed by atoms with van der Waals surface area (Å²) in [5.41, 5.74) is 0.801. The van der Waals surface area contributed by atoms with Crippen LogP contribution in [0.15, 0.2) is 47.0 Å². The molecule has 3 rings (SSSR count). The van der Waals surface area contributed by atoms with Gasteiger partial charge in [0.15, 0.2) is 0 Å². The molecule has 6 heteroatoms. The lowest BCUT2D eigenvalue weighted by Crippen LogP contribution is -1.85. The van der Waals surface area contributed by atoms with E-state index >= 15 is 0 Å². The Balaban J connectivity index is 2.02. The molecule has 100 valence electrons. The van der Waals surface area contributed by atoms with E-state index in [2.05, 4.69) is 10.1 Å². The van der Waals surface area contributed by atoms with Crippen LogP contribution >= 0.6 is 11.6 Å². The average Bonchev–Trinajstić information content (AvgIpc) is 2.88.